The maximum absolute atomic E-state index is 13.7. The van der Waals surface area contributed by atoms with Gasteiger partial charge in [0.15, 0.2) is 0 Å². The number of rotatable bonds is 9. The fourth-order valence-electron chi connectivity index (χ4n) is 4.12. The van der Waals surface area contributed by atoms with E-state index in [0.717, 1.165) is 16.7 Å². The first-order chi connectivity index (χ1) is 17.1. The Balaban J connectivity index is 1.87. The number of nitrogens with zero attached hydrogens (tertiary/aromatic N) is 1. The Morgan fingerprint density at radius 2 is 1.58 bits per heavy atom. The molecule has 0 heterocycles. The average Bonchev–Trinajstić information content (AvgIpc) is 2.85. The fourth-order valence-corrected chi connectivity index (χ4v) is 4.59. The van der Waals surface area contributed by atoms with Crippen LogP contribution in [0.15, 0.2) is 72.8 Å². The molecule has 0 radical (unpaired) electrons. The Labute approximate surface area is 224 Å². The molecule has 0 aliphatic rings. The molecule has 0 fully saturated rings. The minimum Gasteiger partial charge on any atom is -0.357 e. The van der Waals surface area contributed by atoms with Crippen molar-refractivity contribution in [1.29, 1.82) is 0 Å². The molecule has 0 aromatic heterocycles. The van der Waals surface area contributed by atoms with Crippen LogP contribution in [-0.2, 0) is 34.4 Å². The number of halogens is 2. The average molecular weight is 526 g/mol. The van der Waals surface area contributed by atoms with Gasteiger partial charge in [0.25, 0.3) is 0 Å². The van der Waals surface area contributed by atoms with Gasteiger partial charge in [-0.25, -0.2) is 0 Å². The van der Waals surface area contributed by atoms with Crippen molar-refractivity contribution < 1.29 is 9.59 Å². The Bertz CT molecular complexity index is 1170. The summed E-state index contributed by atoms with van der Waals surface area (Å²) in [6.07, 6.45) is 1.26. The molecule has 3 aromatic carbocycles. The van der Waals surface area contributed by atoms with E-state index < -0.39 is 6.04 Å². The highest BCUT2D eigenvalue weighted by Crippen LogP contribution is 2.25. The molecule has 0 bridgehead atoms. The van der Waals surface area contributed by atoms with E-state index in [-0.39, 0.29) is 30.2 Å². The molecule has 0 aliphatic carbocycles. The van der Waals surface area contributed by atoms with Gasteiger partial charge in [0.05, 0.1) is 0 Å². The highest BCUT2D eigenvalue weighted by molar-refractivity contribution is 6.35. The molecule has 6 heteroatoms. The minimum absolute atomic E-state index is 0.0706. The molecule has 2 amide bonds. The maximum atomic E-state index is 13.7. The Kier molecular flexibility index (Phi) is 9.58. The lowest BCUT2D eigenvalue weighted by Gasteiger charge is -2.31. The molecule has 1 N–H and O–H groups in total. The van der Waals surface area contributed by atoms with Gasteiger partial charge >= 0.3 is 0 Å². The molecule has 3 aromatic rings. The standard InChI is InChI=1S/C30H34Cl2N2O2/c1-30(2,3)24-14-10-21(11-15-24)12-17-28(35)34(20-23-13-16-25(31)19-26(23)32)27(29(36)33-4)18-22-8-6-5-7-9-22/h5-11,13-16,19,27H,12,17-18,20H2,1-4H3,(H,33,36). The van der Waals surface area contributed by atoms with E-state index in [9.17, 15) is 9.59 Å². The van der Waals surface area contributed by atoms with Crippen molar-refractivity contribution in [2.24, 2.45) is 0 Å². The van der Waals surface area contributed by atoms with Crippen molar-refractivity contribution in [1.82, 2.24) is 10.2 Å². The van der Waals surface area contributed by atoms with Crippen LogP contribution in [0.2, 0.25) is 10.0 Å². The molecular weight excluding hydrogens is 491 g/mol. The molecule has 1 unspecified atom stereocenters. The molecule has 190 valence electrons. The van der Waals surface area contributed by atoms with Crippen LogP contribution in [0.4, 0.5) is 0 Å². The Morgan fingerprint density at radius 1 is 0.917 bits per heavy atom. The molecule has 3 rings (SSSR count). The van der Waals surface area contributed by atoms with E-state index >= 15 is 0 Å². The number of likely N-dealkylation sites (N-methyl/N-ethyl adjacent to an activating group) is 1. The lowest BCUT2D eigenvalue weighted by Crippen LogP contribution is -2.49. The van der Waals surface area contributed by atoms with Crippen molar-refractivity contribution in [3.8, 4) is 0 Å². The summed E-state index contributed by atoms with van der Waals surface area (Å²) in [7, 11) is 1.59. The molecule has 36 heavy (non-hydrogen) atoms. The number of carbonyl (C=O) groups excluding carboxylic acids is 2. The quantitative estimate of drug-likeness (QED) is 0.342. The Morgan fingerprint density at radius 3 is 2.17 bits per heavy atom. The van der Waals surface area contributed by atoms with Gasteiger partial charge in [0, 0.05) is 36.5 Å². The second kappa shape index (κ2) is 12.4. The summed E-state index contributed by atoms with van der Waals surface area (Å²) in [4.78, 5) is 28.3. The zero-order valence-corrected chi connectivity index (χ0v) is 22.9. The molecular formula is C30H34Cl2N2O2. The monoisotopic (exact) mass is 524 g/mol. The summed E-state index contributed by atoms with van der Waals surface area (Å²) in [6.45, 7) is 6.74. The molecule has 0 spiro atoms. The lowest BCUT2D eigenvalue weighted by molar-refractivity contribution is -0.141. The van der Waals surface area contributed by atoms with Gasteiger partial charge < -0.3 is 10.2 Å². The predicted molar refractivity (Wildman–Crippen MR) is 148 cm³/mol. The highest BCUT2D eigenvalue weighted by Gasteiger charge is 2.30. The van der Waals surface area contributed by atoms with Gasteiger partial charge in [-0.1, -0.05) is 105 Å². The van der Waals surface area contributed by atoms with Crippen LogP contribution < -0.4 is 5.32 Å². The van der Waals surface area contributed by atoms with E-state index in [2.05, 4.69) is 50.4 Å². The van der Waals surface area contributed by atoms with Crippen LogP contribution in [0, 0.1) is 0 Å². The minimum atomic E-state index is -0.681. The number of hydrogen-bond donors (Lipinski definition) is 1. The van der Waals surface area contributed by atoms with E-state index in [1.54, 1.807) is 30.1 Å². The van der Waals surface area contributed by atoms with Crippen LogP contribution >= 0.6 is 23.2 Å². The molecule has 4 nitrogen and oxygen atoms in total. The molecule has 0 saturated heterocycles. The van der Waals surface area contributed by atoms with Crippen molar-refractivity contribution in [3.05, 3.63) is 105 Å². The molecule has 0 aliphatic heterocycles. The van der Waals surface area contributed by atoms with Gasteiger partial charge in [-0.15, -0.1) is 0 Å². The number of benzene rings is 3. The van der Waals surface area contributed by atoms with Crippen molar-refractivity contribution >= 4 is 35.0 Å². The van der Waals surface area contributed by atoms with Gasteiger partial charge in [0.2, 0.25) is 11.8 Å². The van der Waals surface area contributed by atoms with E-state index in [4.69, 9.17) is 23.2 Å². The third kappa shape index (κ3) is 7.59. The molecule has 1 atom stereocenters. The van der Waals surface area contributed by atoms with E-state index in [0.29, 0.717) is 22.9 Å². The second-order valence-electron chi connectivity index (χ2n) is 10.0. The van der Waals surface area contributed by atoms with Gasteiger partial charge in [-0.05, 0) is 46.2 Å². The summed E-state index contributed by atoms with van der Waals surface area (Å²) < 4.78 is 0. The SMILES string of the molecule is CNC(=O)C(Cc1ccccc1)N(Cc1ccc(Cl)cc1Cl)C(=O)CCc1ccc(C(C)(C)C)cc1. The summed E-state index contributed by atoms with van der Waals surface area (Å²) in [5, 5.41) is 3.72. The number of carbonyl (C=O) groups is 2. The van der Waals surface area contributed by atoms with Crippen LogP contribution in [0.5, 0.6) is 0 Å². The first-order valence-corrected chi connectivity index (χ1v) is 12.9. The topological polar surface area (TPSA) is 49.4 Å². The highest BCUT2D eigenvalue weighted by atomic mass is 35.5. The normalized spacial score (nSPS) is 12.2. The summed E-state index contributed by atoms with van der Waals surface area (Å²) >= 11 is 12.5. The largest absolute Gasteiger partial charge is 0.357 e. The number of amides is 2. The Hall–Kier alpha value is -2.82. The van der Waals surface area contributed by atoms with Crippen LogP contribution in [0.1, 0.15) is 49.4 Å². The van der Waals surface area contributed by atoms with E-state index in [1.165, 1.54) is 5.56 Å². The van der Waals surface area contributed by atoms with E-state index in [1.807, 2.05) is 30.3 Å². The maximum Gasteiger partial charge on any atom is 0.242 e. The van der Waals surface area contributed by atoms with Gasteiger partial charge in [0.1, 0.15) is 6.04 Å². The van der Waals surface area contributed by atoms with Crippen LogP contribution in [0.25, 0.3) is 0 Å². The zero-order chi connectivity index (χ0) is 26.3. The summed E-state index contributed by atoms with van der Waals surface area (Å²) in [6, 6.07) is 22.6. The van der Waals surface area contributed by atoms with Crippen molar-refractivity contribution in [2.75, 3.05) is 7.05 Å². The summed E-state index contributed by atoms with van der Waals surface area (Å²) in [5.74, 6) is -0.322. The van der Waals surface area contributed by atoms with Crippen molar-refractivity contribution in [2.45, 2.75) is 58.0 Å². The number of hydrogen-bond acceptors (Lipinski definition) is 2. The second-order valence-corrected chi connectivity index (χ2v) is 10.9. The third-order valence-electron chi connectivity index (χ3n) is 6.32. The third-order valence-corrected chi connectivity index (χ3v) is 6.91. The molecule has 0 saturated carbocycles. The smallest absolute Gasteiger partial charge is 0.242 e. The number of nitrogens with one attached hydrogen (secondary N) is 1. The summed E-state index contributed by atoms with van der Waals surface area (Å²) in [5.41, 5.74) is 4.12. The fraction of sp³-hybridized carbons (Fsp3) is 0.333. The first kappa shape index (κ1) is 27.8. The number of aryl methyl sites for hydroxylation is 1. The first-order valence-electron chi connectivity index (χ1n) is 12.2. The van der Waals surface area contributed by atoms with Crippen molar-refractivity contribution in [3.63, 3.8) is 0 Å². The zero-order valence-electron chi connectivity index (χ0n) is 21.4. The van der Waals surface area contributed by atoms with Crippen LogP contribution in [0.3, 0.4) is 0 Å². The lowest BCUT2D eigenvalue weighted by atomic mass is 9.86. The van der Waals surface area contributed by atoms with Gasteiger partial charge in [-0.3, -0.25) is 9.59 Å². The predicted octanol–water partition coefficient (Wildman–Crippen LogP) is 6.61. The van der Waals surface area contributed by atoms with Gasteiger partial charge in [-0.2, -0.15) is 0 Å². The van der Waals surface area contributed by atoms with Crippen LogP contribution in [-0.4, -0.2) is 29.8 Å².